The van der Waals surface area contributed by atoms with Crippen LogP contribution in [0.15, 0.2) is 18.2 Å². The number of benzene rings is 1. The second-order valence-corrected chi connectivity index (χ2v) is 4.32. The van der Waals surface area contributed by atoms with Crippen molar-refractivity contribution >= 4 is 0 Å². The number of hydrogen-bond acceptors (Lipinski definition) is 2. The standard InChI is InChI=1S/C14H21FO2/c1-4-10(5-2)8-14(16)12-7-6-11(17-3)9-13(12)15/h6-7,9-10,14,16H,4-5,8H2,1-3H3. The van der Waals surface area contributed by atoms with E-state index in [2.05, 4.69) is 13.8 Å². The number of aliphatic hydroxyl groups excluding tert-OH is 1. The lowest BCUT2D eigenvalue weighted by Gasteiger charge is -2.18. The van der Waals surface area contributed by atoms with Crippen LogP contribution >= 0.6 is 0 Å². The Hall–Kier alpha value is -1.09. The van der Waals surface area contributed by atoms with Crippen LogP contribution in [0, 0.1) is 11.7 Å². The molecule has 0 radical (unpaired) electrons. The van der Waals surface area contributed by atoms with Crippen molar-refractivity contribution in [1.29, 1.82) is 0 Å². The maximum absolute atomic E-state index is 13.7. The second kappa shape index (κ2) is 6.60. The third-order valence-corrected chi connectivity index (χ3v) is 3.28. The third kappa shape index (κ3) is 3.70. The first-order valence-electron chi connectivity index (χ1n) is 6.13. The van der Waals surface area contributed by atoms with Crippen LogP contribution in [-0.2, 0) is 0 Å². The summed E-state index contributed by atoms with van der Waals surface area (Å²) in [4.78, 5) is 0. The molecule has 0 fully saturated rings. The van der Waals surface area contributed by atoms with Gasteiger partial charge in [0.15, 0.2) is 0 Å². The van der Waals surface area contributed by atoms with E-state index in [0.717, 1.165) is 12.8 Å². The minimum atomic E-state index is -0.731. The largest absolute Gasteiger partial charge is 0.497 e. The molecule has 0 saturated carbocycles. The zero-order valence-electron chi connectivity index (χ0n) is 10.7. The zero-order chi connectivity index (χ0) is 12.8. The van der Waals surface area contributed by atoms with Crippen LogP contribution in [0.1, 0.15) is 44.8 Å². The van der Waals surface area contributed by atoms with Gasteiger partial charge < -0.3 is 9.84 Å². The van der Waals surface area contributed by atoms with E-state index in [4.69, 9.17) is 4.74 Å². The number of ether oxygens (including phenoxy) is 1. The summed E-state index contributed by atoms with van der Waals surface area (Å²) in [6, 6.07) is 4.58. The first-order chi connectivity index (χ1) is 8.12. The average Bonchev–Trinajstić information content (AvgIpc) is 2.35. The maximum atomic E-state index is 13.7. The summed E-state index contributed by atoms with van der Waals surface area (Å²) in [5.74, 6) is 0.510. The first-order valence-corrected chi connectivity index (χ1v) is 6.13. The molecule has 0 aliphatic carbocycles. The molecule has 0 amide bonds. The van der Waals surface area contributed by atoms with E-state index in [1.54, 1.807) is 12.1 Å². The Morgan fingerprint density at radius 2 is 1.94 bits per heavy atom. The van der Waals surface area contributed by atoms with Gasteiger partial charge in [-0.2, -0.15) is 0 Å². The predicted octanol–water partition coefficient (Wildman–Crippen LogP) is 3.69. The van der Waals surface area contributed by atoms with Gasteiger partial charge in [0.1, 0.15) is 11.6 Å². The predicted molar refractivity (Wildman–Crippen MR) is 66.6 cm³/mol. The summed E-state index contributed by atoms with van der Waals surface area (Å²) < 4.78 is 18.6. The Kier molecular flexibility index (Phi) is 5.42. The van der Waals surface area contributed by atoms with E-state index >= 15 is 0 Å². The van der Waals surface area contributed by atoms with Crippen LogP contribution in [0.3, 0.4) is 0 Å². The monoisotopic (exact) mass is 240 g/mol. The highest BCUT2D eigenvalue weighted by atomic mass is 19.1. The number of halogens is 1. The SMILES string of the molecule is CCC(CC)CC(O)c1ccc(OC)cc1F. The van der Waals surface area contributed by atoms with Crippen LogP contribution in [0.4, 0.5) is 4.39 Å². The van der Waals surface area contributed by atoms with E-state index in [0.29, 0.717) is 23.7 Å². The van der Waals surface area contributed by atoms with Crippen molar-refractivity contribution in [3.63, 3.8) is 0 Å². The molecule has 0 bridgehead atoms. The van der Waals surface area contributed by atoms with E-state index < -0.39 is 11.9 Å². The molecule has 17 heavy (non-hydrogen) atoms. The lowest BCUT2D eigenvalue weighted by atomic mass is 9.92. The van der Waals surface area contributed by atoms with Crippen LogP contribution in [0.25, 0.3) is 0 Å². The van der Waals surface area contributed by atoms with Gasteiger partial charge in [0.2, 0.25) is 0 Å². The molecular formula is C14H21FO2. The minimum absolute atomic E-state index is 0.359. The molecule has 1 N–H and O–H groups in total. The van der Waals surface area contributed by atoms with Gasteiger partial charge in [-0.1, -0.05) is 26.7 Å². The molecule has 1 aromatic carbocycles. The van der Waals surface area contributed by atoms with Gasteiger partial charge in [-0.3, -0.25) is 0 Å². The molecule has 1 unspecified atom stereocenters. The van der Waals surface area contributed by atoms with Crippen LogP contribution in [0.2, 0.25) is 0 Å². The summed E-state index contributed by atoms with van der Waals surface area (Å²) >= 11 is 0. The molecule has 1 atom stereocenters. The molecule has 1 aromatic rings. The molecule has 3 heteroatoms. The summed E-state index contributed by atoms with van der Waals surface area (Å²) in [5, 5.41) is 10.0. The molecular weight excluding hydrogens is 219 g/mol. The van der Waals surface area contributed by atoms with Gasteiger partial charge in [-0.25, -0.2) is 4.39 Å². The summed E-state index contributed by atoms with van der Waals surface area (Å²) in [7, 11) is 1.50. The Morgan fingerprint density at radius 1 is 1.29 bits per heavy atom. The third-order valence-electron chi connectivity index (χ3n) is 3.28. The van der Waals surface area contributed by atoms with Gasteiger partial charge in [0, 0.05) is 11.6 Å². The van der Waals surface area contributed by atoms with Gasteiger partial charge in [0.05, 0.1) is 13.2 Å². The summed E-state index contributed by atoms with van der Waals surface area (Å²) in [6.45, 7) is 4.18. The summed E-state index contributed by atoms with van der Waals surface area (Å²) in [5.41, 5.74) is 0.359. The quantitative estimate of drug-likeness (QED) is 0.821. The molecule has 0 aliphatic heterocycles. The van der Waals surface area contributed by atoms with Crippen LogP contribution < -0.4 is 4.74 Å². The lowest BCUT2D eigenvalue weighted by molar-refractivity contribution is 0.137. The molecule has 0 saturated heterocycles. The smallest absolute Gasteiger partial charge is 0.132 e. The number of hydrogen-bond donors (Lipinski definition) is 1. The molecule has 2 nitrogen and oxygen atoms in total. The number of rotatable bonds is 6. The molecule has 0 aliphatic rings. The average molecular weight is 240 g/mol. The van der Waals surface area contributed by atoms with Gasteiger partial charge >= 0.3 is 0 Å². The summed E-state index contributed by atoms with van der Waals surface area (Å²) in [6.07, 6.45) is 1.89. The number of methoxy groups -OCH3 is 1. The van der Waals surface area contributed by atoms with E-state index in [1.807, 2.05) is 0 Å². The van der Waals surface area contributed by atoms with Crippen molar-refractivity contribution < 1.29 is 14.2 Å². The van der Waals surface area contributed by atoms with Crippen molar-refractivity contribution in [1.82, 2.24) is 0 Å². The van der Waals surface area contributed by atoms with Crippen molar-refractivity contribution in [3.8, 4) is 5.75 Å². The zero-order valence-corrected chi connectivity index (χ0v) is 10.7. The van der Waals surface area contributed by atoms with Gasteiger partial charge in [-0.05, 0) is 24.5 Å². The van der Waals surface area contributed by atoms with Gasteiger partial charge in [-0.15, -0.1) is 0 Å². The highest BCUT2D eigenvalue weighted by Gasteiger charge is 2.17. The highest BCUT2D eigenvalue weighted by Crippen LogP contribution is 2.28. The maximum Gasteiger partial charge on any atom is 0.132 e. The number of aliphatic hydroxyl groups is 1. The Morgan fingerprint density at radius 3 is 2.41 bits per heavy atom. The van der Waals surface area contributed by atoms with Crippen molar-refractivity contribution in [2.45, 2.75) is 39.2 Å². The molecule has 96 valence electrons. The fourth-order valence-electron chi connectivity index (χ4n) is 1.97. The molecule has 1 rings (SSSR count). The first kappa shape index (κ1) is 14.0. The van der Waals surface area contributed by atoms with E-state index in [-0.39, 0.29) is 0 Å². The lowest BCUT2D eigenvalue weighted by Crippen LogP contribution is -2.07. The second-order valence-electron chi connectivity index (χ2n) is 4.32. The Labute approximate surface area is 102 Å². The minimum Gasteiger partial charge on any atom is -0.497 e. The van der Waals surface area contributed by atoms with Gasteiger partial charge in [0.25, 0.3) is 0 Å². The topological polar surface area (TPSA) is 29.5 Å². The van der Waals surface area contributed by atoms with Crippen molar-refractivity contribution in [2.75, 3.05) is 7.11 Å². The fourth-order valence-corrected chi connectivity index (χ4v) is 1.97. The van der Waals surface area contributed by atoms with Crippen molar-refractivity contribution in [3.05, 3.63) is 29.6 Å². The molecule has 0 aromatic heterocycles. The Bertz CT molecular complexity index is 348. The van der Waals surface area contributed by atoms with Crippen LogP contribution in [-0.4, -0.2) is 12.2 Å². The Balaban J connectivity index is 2.78. The van der Waals surface area contributed by atoms with Crippen molar-refractivity contribution in [2.24, 2.45) is 5.92 Å². The molecule has 0 spiro atoms. The fraction of sp³-hybridized carbons (Fsp3) is 0.571. The van der Waals surface area contributed by atoms with E-state index in [9.17, 15) is 9.50 Å². The van der Waals surface area contributed by atoms with Crippen LogP contribution in [0.5, 0.6) is 5.75 Å². The normalized spacial score (nSPS) is 12.8. The van der Waals surface area contributed by atoms with E-state index in [1.165, 1.54) is 13.2 Å². The molecule has 0 heterocycles. The highest BCUT2D eigenvalue weighted by molar-refractivity contribution is 5.30.